The van der Waals surface area contributed by atoms with E-state index in [0.717, 1.165) is 23.6 Å². The lowest BCUT2D eigenvalue weighted by Gasteiger charge is -2.32. The van der Waals surface area contributed by atoms with Crippen molar-refractivity contribution >= 4 is 37.6 Å². The molecule has 0 bridgehead atoms. The summed E-state index contributed by atoms with van der Waals surface area (Å²) in [6.07, 6.45) is 1.15. The molecule has 0 saturated carbocycles. The molecule has 1 aliphatic rings. The van der Waals surface area contributed by atoms with Crippen LogP contribution in [0.1, 0.15) is 37.3 Å². The summed E-state index contributed by atoms with van der Waals surface area (Å²) < 4.78 is 47.5. The summed E-state index contributed by atoms with van der Waals surface area (Å²) in [5.74, 6) is -1.27. The summed E-state index contributed by atoms with van der Waals surface area (Å²) in [5.41, 5.74) is 2.26. The van der Waals surface area contributed by atoms with Crippen LogP contribution in [0.2, 0.25) is 0 Å². The van der Waals surface area contributed by atoms with Gasteiger partial charge in [0.15, 0.2) is 0 Å². The summed E-state index contributed by atoms with van der Waals surface area (Å²) in [5, 5.41) is 0. The molecule has 0 aromatic heterocycles. The van der Waals surface area contributed by atoms with Crippen molar-refractivity contribution in [1.29, 1.82) is 0 Å². The maximum atomic E-state index is 13.9. The number of ether oxygens (including phenoxy) is 1. The van der Waals surface area contributed by atoms with E-state index in [1.165, 1.54) is 25.1 Å². The number of carbonyl (C=O) groups excluding carboxylic acids is 1. The number of fused-ring (bicyclic) bond motifs is 1. The Bertz CT molecular complexity index is 993. The molecule has 3 rings (SSSR count). The van der Waals surface area contributed by atoms with E-state index in [4.69, 9.17) is 4.74 Å². The molecule has 0 spiro atoms. The normalized spacial score (nSPS) is 19.3. The van der Waals surface area contributed by atoms with Crippen molar-refractivity contribution in [3.05, 3.63) is 57.8 Å². The first-order valence-electron chi connectivity index (χ1n) is 8.46. The molecule has 0 unspecified atom stereocenters. The van der Waals surface area contributed by atoms with Gasteiger partial charge in [0.25, 0.3) is 10.0 Å². The molecule has 1 aliphatic carbocycles. The highest BCUT2D eigenvalue weighted by Gasteiger charge is 2.31. The standard InChI is InChI=1S/C19H19BrFNO4S/c1-11-16(26-12(2)23)10-8-13-7-9-15(19(20)18(11)13)22-27(24,25)17-6-4-3-5-14(17)21/h3-7,9,11,16,22H,8,10H2,1-2H3/t11-,16+/m1/s1. The molecule has 1 N–H and O–H groups in total. The number of hydrogen-bond acceptors (Lipinski definition) is 4. The van der Waals surface area contributed by atoms with Crippen molar-refractivity contribution in [3.8, 4) is 0 Å². The van der Waals surface area contributed by atoms with Crippen LogP contribution in [0.25, 0.3) is 0 Å². The molecule has 5 nitrogen and oxygen atoms in total. The van der Waals surface area contributed by atoms with E-state index in [1.54, 1.807) is 6.07 Å². The Morgan fingerprint density at radius 3 is 2.63 bits per heavy atom. The van der Waals surface area contributed by atoms with Gasteiger partial charge in [-0.2, -0.15) is 0 Å². The Labute approximate surface area is 166 Å². The van der Waals surface area contributed by atoms with E-state index in [-0.39, 0.29) is 18.0 Å². The molecule has 27 heavy (non-hydrogen) atoms. The van der Waals surface area contributed by atoms with Crippen molar-refractivity contribution in [2.45, 2.75) is 43.6 Å². The van der Waals surface area contributed by atoms with Crippen LogP contribution in [0, 0.1) is 5.82 Å². The minimum atomic E-state index is -4.08. The smallest absolute Gasteiger partial charge is 0.302 e. The molecule has 0 aliphatic heterocycles. The van der Waals surface area contributed by atoms with Gasteiger partial charge in [-0.25, -0.2) is 12.8 Å². The van der Waals surface area contributed by atoms with Gasteiger partial charge >= 0.3 is 5.97 Å². The highest BCUT2D eigenvalue weighted by Crippen LogP contribution is 2.42. The van der Waals surface area contributed by atoms with Crippen molar-refractivity contribution in [2.24, 2.45) is 0 Å². The number of aryl methyl sites for hydroxylation is 1. The fourth-order valence-electron chi connectivity index (χ4n) is 3.39. The number of nitrogens with one attached hydrogen (secondary N) is 1. The Morgan fingerprint density at radius 1 is 1.26 bits per heavy atom. The maximum absolute atomic E-state index is 13.9. The minimum absolute atomic E-state index is 0.107. The van der Waals surface area contributed by atoms with E-state index >= 15 is 0 Å². The number of anilines is 1. The van der Waals surface area contributed by atoms with Gasteiger partial charge in [0, 0.05) is 17.3 Å². The van der Waals surface area contributed by atoms with Crippen LogP contribution < -0.4 is 4.72 Å². The molecule has 2 aromatic rings. The number of rotatable bonds is 4. The average Bonchev–Trinajstić information content (AvgIpc) is 2.59. The second-order valence-corrected chi connectivity index (χ2v) is 8.95. The quantitative estimate of drug-likeness (QED) is 0.694. The van der Waals surface area contributed by atoms with Crippen molar-refractivity contribution in [1.82, 2.24) is 0 Å². The zero-order chi connectivity index (χ0) is 19.8. The van der Waals surface area contributed by atoms with E-state index < -0.39 is 20.7 Å². The van der Waals surface area contributed by atoms with E-state index in [1.807, 2.05) is 13.0 Å². The molecule has 8 heteroatoms. The fraction of sp³-hybridized carbons (Fsp3) is 0.316. The van der Waals surface area contributed by atoms with Gasteiger partial charge in [-0.3, -0.25) is 9.52 Å². The maximum Gasteiger partial charge on any atom is 0.302 e. The molecule has 0 amide bonds. The Balaban J connectivity index is 1.97. The SMILES string of the molecule is CC(=O)O[C@H]1CCc2ccc(NS(=O)(=O)c3ccccc3F)c(Br)c2[C@@H]1C. The zero-order valence-electron chi connectivity index (χ0n) is 14.8. The first-order chi connectivity index (χ1) is 12.7. The lowest BCUT2D eigenvalue weighted by atomic mass is 9.81. The number of halogens is 2. The molecule has 0 fully saturated rings. The number of benzene rings is 2. The van der Waals surface area contributed by atoms with E-state index in [0.29, 0.717) is 16.6 Å². The van der Waals surface area contributed by atoms with E-state index in [9.17, 15) is 17.6 Å². The third-order valence-electron chi connectivity index (χ3n) is 4.67. The van der Waals surface area contributed by atoms with Gasteiger partial charge in [0.1, 0.15) is 16.8 Å². The summed E-state index contributed by atoms with van der Waals surface area (Å²) >= 11 is 3.48. The number of sulfonamides is 1. The average molecular weight is 456 g/mol. The zero-order valence-corrected chi connectivity index (χ0v) is 17.2. The number of hydrogen-bond donors (Lipinski definition) is 1. The van der Waals surface area contributed by atoms with Gasteiger partial charge in [0.2, 0.25) is 0 Å². The van der Waals surface area contributed by atoms with Crippen LogP contribution in [-0.2, 0) is 26.0 Å². The predicted octanol–water partition coefficient (Wildman–Crippen LogP) is 4.37. The van der Waals surface area contributed by atoms with Crippen molar-refractivity contribution in [3.63, 3.8) is 0 Å². The molecule has 0 radical (unpaired) electrons. The van der Waals surface area contributed by atoms with Gasteiger partial charge in [-0.15, -0.1) is 0 Å². The van der Waals surface area contributed by atoms with Crippen LogP contribution in [-0.4, -0.2) is 20.5 Å². The van der Waals surface area contributed by atoms with E-state index in [2.05, 4.69) is 20.7 Å². The lowest BCUT2D eigenvalue weighted by molar-refractivity contribution is -0.147. The van der Waals surface area contributed by atoms with Gasteiger partial charge in [-0.05, 0) is 58.1 Å². The highest BCUT2D eigenvalue weighted by molar-refractivity contribution is 9.10. The molecule has 144 valence electrons. The molecule has 0 heterocycles. The minimum Gasteiger partial charge on any atom is -0.462 e. The largest absolute Gasteiger partial charge is 0.462 e. The number of esters is 1. The predicted molar refractivity (Wildman–Crippen MR) is 104 cm³/mol. The van der Waals surface area contributed by atoms with Gasteiger partial charge in [-0.1, -0.05) is 25.1 Å². The lowest BCUT2D eigenvalue weighted by Crippen LogP contribution is -2.28. The fourth-order valence-corrected chi connectivity index (χ4v) is 5.52. The second-order valence-electron chi connectivity index (χ2n) is 6.51. The molecular formula is C19H19BrFNO4S. The molecule has 2 atom stereocenters. The van der Waals surface area contributed by atoms with Crippen LogP contribution in [0.5, 0.6) is 0 Å². The second kappa shape index (κ2) is 7.59. The highest BCUT2D eigenvalue weighted by atomic mass is 79.9. The van der Waals surface area contributed by atoms with Crippen LogP contribution in [0.4, 0.5) is 10.1 Å². The van der Waals surface area contributed by atoms with Crippen LogP contribution in [0.15, 0.2) is 45.8 Å². The van der Waals surface area contributed by atoms with Gasteiger partial charge in [0.05, 0.1) is 5.69 Å². The molecule has 2 aromatic carbocycles. The Morgan fingerprint density at radius 2 is 1.96 bits per heavy atom. The Kier molecular flexibility index (Phi) is 5.58. The third kappa shape index (κ3) is 4.01. The first kappa shape index (κ1) is 19.8. The van der Waals surface area contributed by atoms with Crippen molar-refractivity contribution in [2.75, 3.05) is 4.72 Å². The monoisotopic (exact) mass is 455 g/mol. The first-order valence-corrected chi connectivity index (χ1v) is 10.7. The summed E-state index contributed by atoms with van der Waals surface area (Å²) in [7, 11) is -4.08. The van der Waals surface area contributed by atoms with Crippen LogP contribution >= 0.6 is 15.9 Å². The molecular weight excluding hydrogens is 437 g/mol. The summed E-state index contributed by atoms with van der Waals surface area (Å²) in [6.45, 7) is 3.31. The molecule has 0 saturated heterocycles. The summed E-state index contributed by atoms with van der Waals surface area (Å²) in [6, 6.07) is 8.71. The topological polar surface area (TPSA) is 72.5 Å². The number of carbonyl (C=O) groups is 1. The Hall–Kier alpha value is -1.93. The van der Waals surface area contributed by atoms with Gasteiger partial charge < -0.3 is 4.74 Å². The third-order valence-corrected chi connectivity index (χ3v) is 6.92. The summed E-state index contributed by atoms with van der Waals surface area (Å²) in [4.78, 5) is 10.9. The van der Waals surface area contributed by atoms with Crippen molar-refractivity contribution < 1.29 is 22.3 Å². The van der Waals surface area contributed by atoms with Crippen LogP contribution in [0.3, 0.4) is 0 Å².